The third-order valence-corrected chi connectivity index (χ3v) is 6.25. The van der Waals surface area contributed by atoms with Crippen LogP contribution >= 0.6 is 0 Å². The minimum Gasteiger partial charge on any atom is -0.503 e. The molecule has 1 atom stereocenters. The number of carbonyl (C=O) groups excluding carboxylic acids is 2. The van der Waals surface area contributed by atoms with E-state index in [0.717, 1.165) is 6.07 Å². The van der Waals surface area contributed by atoms with E-state index in [2.05, 4.69) is 5.32 Å². The number of hydrogen-bond acceptors (Lipinski definition) is 6. The van der Waals surface area contributed by atoms with Gasteiger partial charge in [0.1, 0.15) is 17.2 Å². The molecule has 0 saturated carbocycles. The molecule has 1 unspecified atom stereocenters. The molecular weight excluding hydrogens is 452 g/mol. The van der Waals surface area contributed by atoms with Crippen LogP contribution in [0.15, 0.2) is 29.2 Å². The Bertz CT molecular complexity index is 1180. The van der Waals surface area contributed by atoms with E-state index in [-0.39, 0.29) is 31.0 Å². The molecule has 1 aromatic carbocycles. The van der Waals surface area contributed by atoms with Crippen molar-refractivity contribution >= 4 is 11.8 Å². The van der Waals surface area contributed by atoms with E-state index < -0.39 is 45.7 Å². The molecule has 1 spiro atoms. The molecule has 3 heterocycles. The summed E-state index contributed by atoms with van der Waals surface area (Å²) in [5.41, 5.74) is -2.24. The molecule has 4 rings (SSSR count). The first-order chi connectivity index (χ1) is 16.3. The van der Waals surface area contributed by atoms with Crippen molar-refractivity contribution in [2.45, 2.75) is 31.5 Å². The largest absolute Gasteiger partial charge is 0.503 e. The second-order valence-electron chi connectivity index (χ2n) is 8.45. The molecule has 0 radical (unpaired) electrons. The van der Waals surface area contributed by atoms with Crippen LogP contribution in [0.3, 0.4) is 0 Å². The Morgan fingerprint density at radius 2 is 2.12 bits per heavy atom. The summed E-state index contributed by atoms with van der Waals surface area (Å²) < 4.78 is 39.0. The zero-order valence-electron chi connectivity index (χ0n) is 18.6. The van der Waals surface area contributed by atoms with E-state index in [1.165, 1.54) is 16.8 Å². The quantitative estimate of drug-likeness (QED) is 0.584. The molecule has 182 valence electrons. The number of carbonyl (C=O) groups is 2. The first-order valence-electron chi connectivity index (χ1n) is 10.8. The Morgan fingerprint density at radius 3 is 2.79 bits per heavy atom. The molecule has 2 aromatic rings. The van der Waals surface area contributed by atoms with Gasteiger partial charge in [-0.05, 0) is 18.9 Å². The lowest BCUT2D eigenvalue weighted by Crippen LogP contribution is -2.59. The summed E-state index contributed by atoms with van der Waals surface area (Å²) in [6.45, 7) is 1.45. The summed E-state index contributed by atoms with van der Waals surface area (Å²) >= 11 is 0. The van der Waals surface area contributed by atoms with Gasteiger partial charge in [-0.1, -0.05) is 6.07 Å². The van der Waals surface area contributed by atoms with Crippen LogP contribution in [0.2, 0.25) is 0 Å². The van der Waals surface area contributed by atoms with Crippen molar-refractivity contribution in [1.29, 1.82) is 0 Å². The second-order valence-corrected chi connectivity index (χ2v) is 8.45. The number of aromatic hydroxyl groups is 1. The molecule has 2 N–H and O–H groups in total. The minimum atomic E-state index is -1.01. The van der Waals surface area contributed by atoms with Gasteiger partial charge in [0, 0.05) is 57.8 Å². The number of benzene rings is 1. The van der Waals surface area contributed by atoms with Crippen molar-refractivity contribution < 1.29 is 33.0 Å². The Balaban J connectivity index is 1.63. The summed E-state index contributed by atoms with van der Waals surface area (Å²) in [7, 11) is 1.56. The lowest BCUT2D eigenvalue weighted by molar-refractivity contribution is 0.0206. The number of rotatable bonds is 7. The summed E-state index contributed by atoms with van der Waals surface area (Å²) in [6, 6.07) is 2.92. The van der Waals surface area contributed by atoms with Crippen LogP contribution in [0.25, 0.3) is 0 Å². The number of fused-ring (bicyclic) bond motifs is 1. The van der Waals surface area contributed by atoms with Crippen molar-refractivity contribution in [2.75, 3.05) is 33.5 Å². The third-order valence-electron chi connectivity index (χ3n) is 6.25. The maximum Gasteiger partial charge on any atom is 0.275 e. The van der Waals surface area contributed by atoms with E-state index in [1.807, 2.05) is 0 Å². The Kier molecular flexibility index (Phi) is 6.67. The van der Waals surface area contributed by atoms with Crippen LogP contribution in [-0.4, -0.2) is 65.4 Å². The van der Waals surface area contributed by atoms with Crippen molar-refractivity contribution in [3.63, 3.8) is 0 Å². The molecule has 11 heteroatoms. The molecule has 2 aliphatic rings. The SMILES string of the molecule is COCCCN1C(=O)c2c(O)c(=O)c(C(=O)NCc3ccc(F)cc3F)cn2CC12CCOC2. The number of ether oxygens (including phenoxy) is 2. The van der Waals surface area contributed by atoms with Gasteiger partial charge < -0.3 is 29.4 Å². The molecule has 1 saturated heterocycles. The highest BCUT2D eigenvalue weighted by Gasteiger charge is 2.48. The summed E-state index contributed by atoms with van der Waals surface area (Å²) in [6.07, 6.45) is 2.36. The normalized spacial score (nSPS) is 19.5. The predicted octanol–water partition coefficient (Wildman–Crippen LogP) is 1.41. The van der Waals surface area contributed by atoms with Crippen LogP contribution in [0.5, 0.6) is 5.75 Å². The summed E-state index contributed by atoms with van der Waals surface area (Å²) in [5, 5.41) is 13.0. The van der Waals surface area contributed by atoms with Crippen molar-refractivity contribution in [3.8, 4) is 5.75 Å². The van der Waals surface area contributed by atoms with Crippen molar-refractivity contribution in [2.24, 2.45) is 0 Å². The van der Waals surface area contributed by atoms with Gasteiger partial charge in [-0.2, -0.15) is 0 Å². The highest BCUT2D eigenvalue weighted by atomic mass is 19.1. The average molecular weight is 477 g/mol. The molecule has 2 amide bonds. The van der Waals surface area contributed by atoms with Crippen molar-refractivity contribution in [1.82, 2.24) is 14.8 Å². The van der Waals surface area contributed by atoms with E-state index in [0.29, 0.717) is 38.7 Å². The molecular formula is C23H25F2N3O6. The fourth-order valence-electron chi connectivity index (χ4n) is 4.48. The van der Waals surface area contributed by atoms with Gasteiger partial charge in [0.15, 0.2) is 11.4 Å². The molecule has 1 aromatic heterocycles. The first kappa shape index (κ1) is 23.8. The number of nitrogens with one attached hydrogen (secondary N) is 1. The first-order valence-corrected chi connectivity index (χ1v) is 10.8. The van der Waals surface area contributed by atoms with E-state index >= 15 is 0 Å². The molecule has 0 aliphatic carbocycles. The van der Waals surface area contributed by atoms with Crippen molar-refractivity contribution in [3.05, 3.63) is 63.1 Å². The fraction of sp³-hybridized carbons (Fsp3) is 0.435. The predicted molar refractivity (Wildman–Crippen MR) is 116 cm³/mol. The van der Waals surface area contributed by atoms with Crippen LogP contribution in [-0.2, 0) is 22.6 Å². The van der Waals surface area contributed by atoms with E-state index in [4.69, 9.17) is 9.47 Å². The van der Waals surface area contributed by atoms with Crippen LogP contribution in [0, 0.1) is 11.6 Å². The number of pyridine rings is 1. The smallest absolute Gasteiger partial charge is 0.275 e. The van der Waals surface area contributed by atoms with Crippen LogP contribution in [0.1, 0.15) is 39.3 Å². The Labute approximate surface area is 193 Å². The standard InChI is InChI=1S/C23H25F2N3O6/c1-33-7-2-6-28-22(32)18-20(30)19(29)16(11-27(18)12-23(28)5-8-34-13-23)21(31)26-10-14-3-4-15(24)9-17(14)25/h3-4,9,11,30H,2,5-8,10,12-13H2,1H3,(H,26,31). The summed E-state index contributed by atoms with van der Waals surface area (Å²) in [4.78, 5) is 40.4. The number of aromatic nitrogens is 1. The van der Waals surface area contributed by atoms with Gasteiger partial charge >= 0.3 is 0 Å². The topological polar surface area (TPSA) is 110 Å². The van der Waals surface area contributed by atoms with Gasteiger partial charge in [-0.15, -0.1) is 0 Å². The van der Waals surface area contributed by atoms with Gasteiger partial charge in [0.05, 0.1) is 12.1 Å². The maximum absolute atomic E-state index is 13.9. The zero-order valence-corrected chi connectivity index (χ0v) is 18.6. The fourth-order valence-corrected chi connectivity index (χ4v) is 4.48. The zero-order chi connectivity index (χ0) is 24.5. The third kappa shape index (κ3) is 4.28. The Hall–Kier alpha value is -3.31. The number of hydrogen-bond donors (Lipinski definition) is 2. The lowest BCUT2D eigenvalue weighted by atomic mass is 9.91. The second kappa shape index (κ2) is 9.51. The molecule has 2 aliphatic heterocycles. The van der Waals surface area contributed by atoms with E-state index in [1.54, 1.807) is 12.0 Å². The van der Waals surface area contributed by atoms with Gasteiger partial charge in [-0.25, -0.2) is 8.78 Å². The van der Waals surface area contributed by atoms with Gasteiger partial charge in [0.25, 0.3) is 11.8 Å². The maximum atomic E-state index is 13.9. The van der Waals surface area contributed by atoms with Crippen LogP contribution < -0.4 is 10.7 Å². The van der Waals surface area contributed by atoms with E-state index in [9.17, 15) is 28.3 Å². The van der Waals surface area contributed by atoms with Gasteiger partial charge in [0.2, 0.25) is 5.43 Å². The minimum absolute atomic E-state index is 0.0287. The van der Waals surface area contributed by atoms with Crippen LogP contribution in [0.4, 0.5) is 8.78 Å². The number of methoxy groups -OCH3 is 1. The monoisotopic (exact) mass is 477 g/mol. The Morgan fingerprint density at radius 1 is 1.32 bits per heavy atom. The molecule has 1 fully saturated rings. The molecule has 0 bridgehead atoms. The highest BCUT2D eigenvalue weighted by molar-refractivity contribution is 5.99. The number of nitrogens with zero attached hydrogens (tertiary/aromatic N) is 2. The number of amides is 2. The summed E-state index contributed by atoms with van der Waals surface area (Å²) in [5.74, 6) is -3.80. The lowest BCUT2D eigenvalue weighted by Gasteiger charge is -2.45. The number of halogens is 2. The molecule has 34 heavy (non-hydrogen) atoms. The van der Waals surface area contributed by atoms with Gasteiger partial charge in [-0.3, -0.25) is 14.4 Å². The highest BCUT2D eigenvalue weighted by Crippen LogP contribution is 2.35. The average Bonchev–Trinajstić information content (AvgIpc) is 3.26. The molecule has 9 nitrogen and oxygen atoms in total.